The first-order chi connectivity index (χ1) is 3.29. The third-order valence-electron chi connectivity index (χ3n) is 1.63. The first-order valence-corrected chi connectivity index (χ1v) is 2.97. The lowest BCUT2D eigenvalue weighted by molar-refractivity contribution is 0.402. The number of hydrogen-bond acceptors (Lipinski definition) is 1. The summed E-state index contributed by atoms with van der Waals surface area (Å²) in [6, 6.07) is 0. The summed E-state index contributed by atoms with van der Waals surface area (Å²) >= 11 is 0. The monoisotopic (exact) mass is 115 g/mol. The number of rotatable bonds is 0. The van der Waals surface area contributed by atoms with Crippen molar-refractivity contribution < 1.29 is 0 Å². The zero-order chi connectivity index (χ0) is 5.28. The lowest BCUT2D eigenvalue weighted by atomic mass is 10.2. The number of likely N-dealkylation sites (tertiary alicyclic amines) is 1. The Kier molecular flexibility index (Phi) is 3.06. The van der Waals surface area contributed by atoms with Crippen LogP contribution in [0.3, 0.4) is 0 Å². The molecule has 0 unspecified atom stereocenters. The van der Waals surface area contributed by atoms with E-state index in [4.69, 9.17) is 0 Å². The van der Waals surface area contributed by atoms with Gasteiger partial charge in [-0.05, 0) is 25.9 Å². The highest BCUT2D eigenvalue weighted by molar-refractivity contribution is 4.67. The van der Waals surface area contributed by atoms with E-state index in [0.717, 1.165) is 5.92 Å². The topological polar surface area (TPSA) is 3.24 Å². The molecule has 0 aliphatic carbocycles. The van der Waals surface area contributed by atoms with E-state index in [1.807, 2.05) is 0 Å². The maximum Gasteiger partial charge on any atom is 0.000445 e. The van der Waals surface area contributed by atoms with Gasteiger partial charge < -0.3 is 4.90 Å². The van der Waals surface area contributed by atoms with E-state index < -0.39 is 0 Å². The maximum absolute atomic E-state index is 2.38. The molecule has 1 heteroatoms. The van der Waals surface area contributed by atoms with Crippen molar-refractivity contribution in [3.05, 3.63) is 0 Å². The Balaban J connectivity index is 0.000000490. The van der Waals surface area contributed by atoms with Crippen LogP contribution in [0.5, 0.6) is 0 Å². The van der Waals surface area contributed by atoms with Crippen LogP contribution in [-0.2, 0) is 0 Å². The van der Waals surface area contributed by atoms with Crippen molar-refractivity contribution in [1.29, 1.82) is 0 Å². The summed E-state index contributed by atoms with van der Waals surface area (Å²) < 4.78 is 0. The standard InChI is InChI=1S/C6H13N.CH4/c1-6-3-4-7(2)5-6;/h6H,3-5H2,1-2H3;1H4/t6-;/m1./s1. The van der Waals surface area contributed by atoms with Crippen molar-refractivity contribution in [1.82, 2.24) is 4.90 Å². The molecule has 1 rings (SSSR count). The van der Waals surface area contributed by atoms with E-state index in [-0.39, 0.29) is 7.43 Å². The minimum atomic E-state index is 0. The van der Waals surface area contributed by atoms with Gasteiger partial charge in [0.2, 0.25) is 0 Å². The summed E-state index contributed by atoms with van der Waals surface area (Å²) in [5.41, 5.74) is 0. The lowest BCUT2D eigenvalue weighted by Gasteiger charge is -2.03. The minimum Gasteiger partial charge on any atom is -0.306 e. The number of nitrogens with zero attached hydrogens (tertiary/aromatic N) is 1. The molecule has 1 nitrogen and oxygen atoms in total. The Bertz CT molecular complexity index is 53.4. The van der Waals surface area contributed by atoms with Gasteiger partial charge in [0.25, 0.3) is 0 Å². The molecule has 0 amide bonds. The fourth-order valence-corrected chi connectivity index (χ4v) is 1.16. The molecule has 0 aromatic carbocycles. The molecule has 1 heterocycles. The fraction of sp³-hybridized carbons (Fsp3) is 1.00. The van der Waals surface area contributed by atoms with Crippen molar-refractivity contribution in [2.75, 3.05) is 20.1 Å². The van der Waals surface area contributed by atoms with Crippen LogP contribution in [-0.4, -0.2) is 25.0 Å². The highest BCUT2D eigenvalue weighted by atomic mass is 15.1. The molecule has 50 valence electrons. The Hall–Kier alpha value is -0.0400. The summed E-state index contributed by atoms with van der Waals surface area (Å²) in [6.07, 6.45) is 1.40. The van der Waals surface area contributed by atoms with Crippen LogP contribution < -0.4 is 0 Å². The number of hydrogen-bond donors (Lipinski definition) is 0. The third kappa shape index (κ3) is 1.83. The van der Waals surface area contributed by atoms with E-state index in [0.29, 0.717) is 0 Å². The molecule has 0 N–H and O–H groups in total. The van der Waals surface area contributed by atoms with Crippen LogP contribution in [0.2, 0.25) is 0 Å². The van der Waals surface area contributed by atoms with Crippen LogP contribution in [0.4, 0.5) is 0 Å². The molecule has 0 radical (unpaired) electrons. The highest BCUT2D eigenvalue weighted by Crippen LogP contribution is 2.11. The molecule has 0 spiro atoms. The summed E-state index contributed by atoms with van der Waals surface area (Å²) in [6.45, 7) is 4.92. The zero-order valence-corrected chi connectivity index (χ0v) is 5.15. The zero-order valence-electron chi connectivity index (χ0n) is 5.15. The van der Waals surface area contributed by atoms with E-state index in [1.165, 1.54) is 19.5 Å². The van der Waals surface area contributed by atoms with Crippen molar-refractivity contribution in [2.45, 2.75) is 20.8 Å². The van der Waals surface area contributed by atoms with Crippen molar-refractivity contribution in [2.24, 2.45) is 5.92 Å². The van der Waals surface area contributed by atoms with Crippen LogP contribution >= 0.6 is 0 Å². The highest BCUT2D eigenvalue weighted by Gasteiger charge is 2.13. The normalized spacial score (nSPS) is 30.0. The second-order valence-corrected chi connectivity index (χ2v) is 2.66. The third-order valence-corrected chi connectivity index (χ3v) is 1.63. The van der Waals surface area contributed by atoms with E-state index in [2.05, 4.69) is 18.9 Å². The minimum absolute atomic E-state index is 0. The molecule has 0 saturated carbocycles. The van der Waals surface area contributed by atoms with Gasteiger partial charge in [0.15, 0.2) is 0 Å². The van der Waals surface area contributed by atoms with Gasteiger partial charge >= 0.3 is 0 Å². The molecule has 1 aliphatic heterocycles. The largest absolute Gasteiger partial charge is 0.306 e. The van der Waals surface area contributed by atoms with Gasteiger partial charge in [0.1, 0.15) is 0 Å². The van der Waals surface area contributed by atoms with Crippen LogP contribution in [0.1, 0.15) is 20.8 Å². The molecule has 1 fully saturated rings. The quantitative estimate of drug-likeness (QED) is 0.463. The van der Waals surface area contributed by atoms with E-state index in [9.17, 15) is 0 Å². The van der Waals surface area contributed by atoms with Gasteiger partial charge in [-0.2, -0.15) is 0 Å². The molecule has 1 saturated heterocycles. The fourth-order valence-electron chi connectivity index (χ4n) is 1.16. The first kappa shape index (κ1) is 7.96. The molecule has 8 heavy (non-hydrogen) atoms. The summed E-state index contributed by atoms with van der Waals surface area (Å²) in [4.78, 5) is 2.38. The van der Waals surface area contributed by atoms with E-state index >= 15 is 0 Å². The van der Waals surface area contributed by atoms with Crippen molar-refractivity contribution in [3.63, 3.8) is 0 Å². The van der Waals surface area contributed by atoms with Gasteiger partial charge in [-0.15, -0.1) is 0 Å². The first-order valence-electron chi connectivity index (χ1n) is 2.97. The van der Waals surface area contributed by atoms with Crippen molar-refractivity contribution >= 4 is 0 Å². The second kappa shape index (κ2) is 3.08. The van der Waals surface area contributed by atoms with Crippen LogP contribution in [0.15, 0.2) is 0 Å². The SMILES string of the molecule is C.C[C@@H]1CCN(C)C1. The molecule has 0 aromatic heterocycles. The predicted octanol–water partition coefficient (Wildman–Crippen LogP) is 1.59. The van der Waals surface area contributed by atoms with Gasteiger partial charge in [-0.1, -0.05) is 14.4 Å². The molecule has 0 aromatic rings. The predicted molar refractivity (Wildman–Crippen MR) is 38.0 cm³/mol. The maximum atomic E-state index is 2.38. The lowest BCUT2D eigenvalue weighted by Crippen LogP contribution is -2.12. The van der Waals surface area contributed by atoms with Crippen LogP contribution in [0, 0.1) is 5.92 Å². The van der Waals surface area contributed by atoms with Gasteiger partial charge in [0, 0.05) is 6.54 Å². The summed E-state index contributed by atoms with van der Waals surface area (Å²) in [5.74, 6) is 0.949. The average molecular weight is 115 g/mol. The summed E-state index contributed by atoms with van der Waals surface area (Å²) in [7, 11) is 2.18. The second-order valence-electron chi connectivity index (χ2n) is 2.66. The Labute approximate surface area is 52.7 Å². The summed E-state index contributed by atoms with van der Waals surface area (Å²) in [5, 5.41) is 0. The molecule has 1 aliphatic rings. The molecule has 1 atom stereocenters. The Morgan fingerprint density at radius 3 is 2.25 bits per heavy atom. The van der Waals surface area contributed by atoms with Crippen molar-refractivity contribution in [3.8, 4) is 0 Å². The van der Waals surface area contributed by atoms with Gasteiger partial charge in [-0.3, -0.25) is 0 Å². The van der Waals surface area contributed by atoms with Gasteiger partial charge in [0.05, 0.1) is 0 Å². The Morgan fingerprint density at radius 1 is 1.50 bits per heavy atom. The van der Waals surface area contributed by atoms with Crippen LogP contribution in [0.25, 0.3) is 0 Å². The van der Waals surface area contributed by atoms with Gasteiger partial charge in [-0.25, -0.2) is 0 Å². The molecular formula is C7H17N. The van der Waals surface area contributed by atoms with E-state index in [1.54, 1.807) is 0 Å². The molecular weight excluding hydrogens is 98.1 g/mol. The Morgan fingerprint density at radius 2 is 2.12 bits per heavy atom. The smallest absolute Gasteiger partial charge is 0.000445 e. The molecule has 0 bridgehead atoms. The average Bonchev–Trinajstić information content (AvgIpc) is 1.87.